The number of aliphatic hydroxyl groups is 1. The molecule has 0 aliphatic rings. The lowest BCUT2D eigenvalue weighted by atomic mass is 10.2. The quantitative estimate of drug-likeness (QED) is 0.849. The maximum atomic E-state index is 9.12. The van der Waals surface area contributed by atoms with Crippen molar-refractivity contribution >= 4 is 0 Å². The molecule has 1 heterocycles. The molecule has 1 aromatic heterocycles. The smallest absolute Gasteiger partial charge is 0.222 e. The van der Waals surface area contributed by atoms with Crippen LogP contribution in [0, 0.1) is 6.92 Å². The van der Waals surface area contributed by atoms with E-state index in [1.807, 2.05) is 37.4 Å². The molecule has 1 aromatic carbocycles. The van der Waals surface area contributed by atoms with Crippen molar-refractivity contribution < 1.29 is 9.84 Å². The number of ether oxygens (including phenoxy) is 1. The number of hydrogen-bond donors (Lipinski definition) is 2. The Morgan fingerprint density at radius 3 is 2.80 bits per heavy atom. The van der Waals surface area contributed by atoms with E-state index in [1.54, 1.807) is 0 Å². The number of rotatable bonds is 6. The number of nitrogens with zero attached hydrogens (tertiary/aromatic N) is 1. The lowest BCUT2D eigenvalue weighted by molar-refractivity contribution is 0.281. The van der Waals surface area contributed by atoms with Crippen LogP contribution in [0.2, 0.25) is 0 Å². The Balaban J connectivity index is 2.12. The highest BCUT2D eigenvalue weighted by Crippen LogP contribution is 2.24. The normalized spacial score (nSPS) is 10.6. The maximum Gasteiger partial charge on any atom is 0.222 e. The SMILES string of the molecule is CCNCc1cnc(Oc2cccc(CO)c2)c(C)c1. The van der Waals surface area contributed by atoms with Gasteiger partial charge in [0.15, 0.2) is 0 Å². The van der Waals surface area contributed by atoms with Gasteiger partial charge in [0.2, 0.25) is 5.88 Å². The van der Waals surface area contributed by atoms with E-state index in [9.17, 15) is 0 Å². The number of aliphatic hydroxyl groups excluding tert-OH is 1. The first-order valence-electron chi connectivity index (χ1n) is 6.76. The van der Waals surface area contributed by atoms with Gasteiger partial charge in [0.25, 0.3) is 0 Å². The third-order valence-electron chi connectivity index (χ3n) is 2.96. The van der Waals surface area contributed by atoms with E-state index in [0.717, 1.165) is 29.8 Å². The van der Waals surface area contributed by atoms with Crippen LogP contribution in [0.5, 0.6) is 11.6 Å². The van der Waals surface area contributed by atoms with Crippen molar-refractivity contribution in [3.8, 4) is 11.6 Å². The van der Waals surface area contributed by atoms with Gasteiger partial charge in [0.05, 0.1) is 6.61 Å². The number of nitrogens with one attached hydrogen (secondary N) is 1. The predicted octanol–water partition coefficient (Wildman–Crippen LogP) is 2.78. The van der Waals surface area contributed by atoms with Gasteiger partial charge in [-0.25, -0.2) is 4.98 Å². The summed E-state index contributed by atoms with van der Waals surface area (Å²) in [5.74, 6) is 1.28. The molecule has 0 aliphatic heterocycles. The van der Waals surface area contributed by atoms with Gasteiger partial charge < -0.3 is 15.2 Å². The molecule has 0 aliphatic carbocycles. The van der Waals surface area contributed by atoms with Crippen molar-refractivity contribution in [2.75, 3.05) is 6.54 Å². The molecule has 20 heavy (non-hydrogen) atoms. The van der Waals surface area contributed by atoms with Gasteiger partial charge in [0, 0.05) is 18.3 Å². The average molecular weight is 272 g/mol. The van der Waals surface area contributed by atoms with Crippen LogP contribution in [0.4, 0.5) is 0 Å². The third kappa shape index (κ3) is 3.79. The minimum absolute atomic E-state index is 0.00519. The Kier molecular flexibility index (Phi) is 5.09. The molecular weight excluding hydrogens is 252 g/mol. The fraction of sp³-hybridized carbons (Fsp3) is 0.312. The van der Waals surface area contributed by atoms with Crippen molar-refractivity contribution in [1.82, 2.24) is 10.3 Å². The summed E-state index contributed by atoms with van der Waals surface area (Å²) in [5.41, 5.74) is 2.96. The van der Waals surface area contributed by atoms with Gasteiger partial charge in [-0.05, 0) is 42.8 Å². The number of hydrogen-bond acceptors (Lipinski definition) is 4. The van der Waals surface area contributed by atoms with Crippen LogP contribution in [-0.2, 0) is 13.2 Å². The van der Waals surface area contributed by atoms with E-state index in [4.69, 9.17) is 9.84 Å². The van der Waals surface area contributed by atoms with Crippen LogP contribution in [0.25, 0.3) is 0 Å². The Morgan fingerprint density at radius 1 is 1.25 bits per heavy atom. The minimum Gasteiger partial charge on any atom is -0.439 e. The predicted molar refractivity (Wildman–Crippen MR) is 78.8 cm³/mol. The van der Waals surface area contributed by atoms with Crippen molar-refractivity contribution in [1.29, 1.82) is 0 Å². The molecule has 0 fully saturated rings. The van der Waals surface area contributed by atoms with E-state index in [2.05, 4.69) is 23.3 Å². The van der Waals surface area contributed by atoms with E-state index >= 15 is 0 Å². The van der Waals surface area contributed by atoms with E-state index in [-0.39, 0.29) is 6.61 Å². The Morgan fingerprint density at radius 2 is 2.10 bits per heavy atom. The minimum atomic E-state index is 0.00519. The van der Waals surface area contributed by atoms with Crippen LogP contribution < -0.4 is 10.1 Å². The van der Waals surface area contributed by atoms with Crippen LogP contribution >= 0.6 is 0 Å². The topological polar surface area (TPSA) is 54.4 Å². The monoisotopic (exact) mass is 272 g/mol. The zero-order valence-electron chi connectivity index (χ0n) is 11.9. The number of benzene rings is 1. The maximum absolute atomic E-state index is 9.12. The second kappa shape index (κ2) is 7.03. The molecule has 0 unspecified atom stereocenters. The van der Waals surface area contributed by atoms with E-state index < -0.39 is 0 Å². The molecule has 0 bridgehead atoms. The van der Waals surface area contributed by atoms with Crippen LogP contribution in [0.15, 0.2) is 36.5 Å². The summed E-state index contributed by atoms with van der Waals surface area (Å²) < 4.78 is 5.77. The Bertz CT molecular complexity index is 570. The van der Waals surface area contributed by atoms with Crippen molar-refractivity contribution in [2.45, 2.75) is 27.0 Å². The zero-order chi connectivity index (χ0) is 14.4. The molecule has 0 spiro atoms. The van der Waals surface area contributed by atoms with Crippen LogP contribution in [-0.4, -0.2) is 16.6 Å². The van der Waals surface area contributed by atoms with Gasteiger partial charge in [0.1, 0.15) is 5.75 Å². The molecule has 0 saturated heterocycles. The summed E-state index contributed by atoms with van der Waals surface area (Å²) in [6, 6.07) is 9.45. The summed E-state index contributed by atoms with van der Waals surface area (Å²) in [7, 11) is 0. The molecular formula is C16H20N2O2. The Labute approximate surface area is 119 Å². The molecule has 0 saturated carbocycles. The summed E-state index contributed by atoms with van der Waals surface area (Å²) in [5, 5.41) is 12.4. The van der Waals surface area contributed by atoms with Gasteiger partial charge >= 0.3 is 0 Å². The summed E-state index contributed by atoms with van der Waals surface area (Å²) in [6.45, 7) is 5.81. The first-order valence-corrected chi connectivity index (χ1v) is 6.76. The zero-order valence-corrected chi connectivity index (χ0v) is 11.9. The summed E-state index contributed by atoms with van der Waals surface area (Å²) in [4.78, 5) is 4.36. The second-order valence-electron chi connectivity index (χ2n) is 4.65. The average Bonchev–Trinajstić information content (AvgIpc) is 2.48. The van der Waals surface area contributed by atoms with E-state index in [0.29, 0.717) is 11.6 Å². The summed E-state index contributed by atoms with van der Waals surface area (Å²) >= 11 is 0. The molecule has 4 heteroatoms. The highest BCUT2D eigenvalue weighted by molar-refractivity contribution is 5.35. The number of aromatic nitrogens is 1. The van der Waals surface area contributed by atoms with Crippen molar-refractivity contribution in [3.05, 3.63) is 53.2 Å². The standard InChI is InChI=1S/C16H20N2O2/c1-3-17-9-14-7-12(2)16(18-10-14)20-15-6-4-5-13(8-15)11-19/h4-8,10,17,19H,3,9,11H2,1-2H3. The fourth-order valence-electron chi connectivity index (χ4n) is 1.91. The molecule has 0 amide bonds. The molecule has 2 aromatic rings. The summed E-state index contributed by atoms with van der Waals surface area (Å²) in [6.07, 6.45) is 1.82. The largest absolute Gasteiger partial charge is 0.439 e. The molecule has 4 nitrogen and oxygen atoms in total. The lowest BCUT2D eigenvalue weighted by Crippen LogP contribution is -2.12. The molecule has 2 N–H and O–H groups in total. The second-order valence-corrected chi connectivity index (χ2v) is 4.65. The van der Waals surface area contributed by atoms with Crippen molar-refractivity contribution in [2.24, 2.45) is 0 Å². The molecule has 106 valence electrons. The highest BCUT2D eigenvalue weighted by Gasteiger charge is 2.05. The number of pyridine rings is 1. The van der Waals surface area contributed by atoms with Crippen LogP contribution in [0.3, 0.4) is 0 Å². The van der Waals surface area contributed by atoms with Gasteiger partial charge in [-0.1, -0.05) is 19.1 Å². The molecule has 0 radical (unpaired) electrons. The Hall–Kier alpha value is -1.91. The number of aryl methyl sites for hydroxylation is 1. The van der Waals surface area contributed by atoms with Gasteiger partial charge in [-0.3, -0.25) is 0 Å². The highest BCUT2D eigenvalue weighted by atomic mass is 16.5. The lowest BCUT2D eigenvalue weighted by Gasteiger charge is -2.10. The third-order valence-corrected chi connectivity index (χ3v) is 2.96. The van der Waals surface area contributed by atoms with Gasteiger partial charge in [-0.15, -0.1) is 0 Å². The molecule has 0 atom stereocenters. The van der Waals surface area contributed by atoms with Gasteiger partial charge in [-0.2, -0.15) is 0 Å². The van der Waals surface area contributed by atoms with E-state index in [1.165, 1.54) is 0 Å². The first kappa shape index (κ1) is 14.5. The first-order chi connectivity index (χ1) is 9.72. The van der Waals surface area contributed by atoms with Crippen LogP contribution in [0.1, 0.15) is 23.6 Å². The fourth-order valence-corrected chi connectivity index (χ4v) is 1.91. The van der Waals surface area contributed by atoms with Crippen molar-refractivity contribution in [3.63, 3.8) is 0 Å². The molecule has 2 rings (SSSR count).